The summed E-state index contributed by atoms with van der Waals surface area (Å²) in [7, 11) is -7.80. The van der Waals surface area contributed by atoms with Gasteiger partial charge in [-0.15, -0.1) is 0 Å². The number of halogens is 1. The van der Waals surface area contributed by atoms with E-state index < -0.39 is 48.2 Å². The summed E-state index contributed by atoms with van der Waals surface area (Å²) in [6.45, 7) is 5.64. The van der Waals surface area contributed by atoms with E-state index in [2.05, 4.69) is 20.3 Å². The molecule has 5 N–H and O–H groups in total. The normalized spacial score (nSPS) is 22.0. The average molecular weight is 546 g/mol. The van der Waals surface area contributed by atoms with Gasteiger partial charge >= 0.3 is 29.6 Å². The van der Waals surface area contributed by atoms with E-state index >= 15 is 0 Å². The average Bonchev–Trinajstić information content (AvgIpc) is 2.67. The number of nitrogens with two attached hydrogens (primary N) is 1. The van der Waals surface area contributed by atoms with E-state index in [-0.39, 0.29) is 57.7 Å². The van der Waals surface area contributed by atoms with E-state index in [0.29, 0.717) is 6.42 Å². The van der Waals surface area contributed by atoms with Crippen molar-refractivity contribution in [2.45, 2.75) is 49.8 Å². The molecule has 0 bridgehead atoms. The number of aliphatic imine (C=N–C) groups is 1. The van der Waals surface area contributed by atoms with Gasteiger partial charge in [-0.25, -0.2) is 27.0 Å². The van der Waals surface area contributed by atoms with Crippen molar-refractivity contribution in [3.63, 3.8) is 0 Å². The second-order valence-electron chi connectivity index (χ2n) is 7.52. The van der Waals surface area contributed by atoms with E-state index in [1.54, 1.807) is 6.92 Å². The van der Waals surface area contributed by atoms with Gasteiger partial charge in [0.15, 0.2) is 0 Å². The van der Waals surface area contributed by atoms with Gasteiger partial charge < -0.3 is 15.7 Å². The molecule has 0 saturated carbocycles. The van der Waals surface area contributed by atoms with E-state index in [1.807, 2.05) is 13.8 Å². The fourth-order valence-electron chi connectivity index (χ4n) is 3.72. The fraction of sp³-hybridized carbons (Fsp3) is 0.500. The molecule has 12 nitrogen and oxygen atoms in total. The summed E-state index contributed by atoms with van der Waals surface area (Å²) in [4.78, 5) is 26.4. The number of amidine groups is 1. The molecule has 2 heterocycles. The molecule has 0 saturated heterocycles. The van der Waals surface area contributed by atoms with Gasteiger partial charge in [0.25, 0.3) is 5.91 Å². The molecule has 1 aromatic carbocycles. The van der Waals surface area contributed by atoms with Gasteiger partial charge in [-0.05, 0) is 30.9 Å². The molecule has 2 atom stereocenters. The number of carbonyl (C=O) groups excluding carboxylic acids is 2. The number of hydrogen-bond acceptors (Lipinski definition) is 8. The summed E-state index contributed by atoms with van der Waals surface area (Å²) in [6, 6.07) is 1.30. The van der Waals surface area contributed by atoms with Crippen molar-refractivity contribution in [3.05, 3.63) is 17.2 Å². The van der Waals surface area contributed by atoms with Crippen molar-refractivity contribution < 1.29 is 61.1 Å². The maximum Gasteiger partial charge on any atom is 1.00 e. The van der Waals surface area contributed by atoms with Crippen molar-refractivity contribution in [2.24, 2.45) is 21.5 Å². The summed E-state index contributed by atoms with van der Waals surface area (Å²) >= 11 is 5.72. The van der Waals surface area contributed by atoms with E-state index in [4.69, 9.17) is 16.7 Å². The number of anilines is 1. The van der Waals surface area contributed by atoms with E-state index in [9.17, 15) is 31.5 Å². The van der Waals surface area contributed by atoms with Crippen molar-refractivity contribution in [2.75, 3.05) is 12.0 Å². The second-order valence-corrected chi connectivity index (χ2v) is 11.2. The third kappa shape index (κ3) is 6.29. The van der Waals surface area contributed by atoms with Gasteiger partial charge in [0.05, 0.1) is 23.4 Å². The predicted octanol–water partition coefficient (Wildman–Crippen LogP) is -3.16. The molecule has 0 fully saturated rings. The zero-order valence-corrected chi connectivity index (χ0v) is 23.5. The van der Waals surface area contributed by atoms with Crippen LogP contribution >= 0.6 is 11.6 Å². The van der Waals surface area contributed by atoms with Crippen molar-refractivity contribution >= 4 is 55.2 Å². The van der Waals surface area contributed by atoms with Gasteiger partial charge in [-0.2, -0.15) is 4.72 Å². The molecular weight excluding hydrogens is 521 g/mol. The third-order valence-electron chi connectivity index (χ3n) is 5.50. The van der Waals surface area contributed by atoms with Crippen LogP contribution in [0.2, 0.25) is 5.02 Å². The Bertz CT molecular complexity index is 1210. The van der Waals surface area contributed by atoms with Crippen molar-refractivity contribution in [3.8, 4) is 0 Å². The molecule has 0 aliphatic carbocycles. The summed E-state index contributed by atoms with van der Waals surface area (Å²) < 4.78 is 47.9. The molecule has 0 radical (unpaired) electrons. The largest absolute Gasteiger partial charge is 1.00 e. The topological polar surface area (TPSA) is 200 Å². The number of hydrogen-bond donors (Lipinski definition) is 4. The van der Waals surface area contributed by atoms with Crippen molar-refractivity contribution in [1.82, 2.24) is 10.0 Å². The number of carbonyl (C=O) groups is 2. The number of primary sulfonamides is 1. The fourth-order valence-corrected chi connectivity index (χ4v) is 6.00. The van der Waals surface area contributed by atoms with Gasteiger partial charge in [0.2, 0.25) is 26.0 Å². The number of sulfonamides is 2. The number of fused-ring (bicyclic) bond motifs is 1. The van der Waals surface area contributed by atoms with E-state index in [0.717, 1.165) is 18.9 Å². The Hall–Kier alpha value is -1.26. The predicted molar refractivity (Wildman–Crippen MR) is 119 cm³/mol. The molecule has 34 heavy (non-hydrogen) atoms. The number of amides is 2. The molecule has 0 aromatic heterocycles. The Morgan fingerprint density at radius 2 is 1.91 bits per heavy atom. The number of rotatable bonds is 5. The smallest absolute Gasteiger partial charge is 0.846 e. The molecular formula is C18H25ClN5NaO7S2. The van der Waals surface area contributed by atoms with Crippen LogP contribution in [0.3, 0.4) is 0 Å². The molecule has 1 aromatic rings. The minimum Gasteiger partial charge on any atom is -0.846 e. The first-order valence-corrected chi connectivity index (χ1v) is 13.3. The van der Waals surface area contributed by atoms with Crippen molar-refractivity contribution in [1.29, 1.82) is 0 Å². The maximum atomic E-state index is 11.9. The van der Waals surface area contributed by atoms with Crippen LogP contribution in [-0.2, 0) is 29.6 Å². The quantitative estimate of drug-likeness (QED) is 0.219. The molecule has 184 valence electrons. The van der Waals surface area contributed by atoms with Crippen LogP contribution in [-0.4, -0.2) is 41.3 Å². The van der Waals surface area contributed by atoms with Crippen LogP contribution in [0, 0.1) is 11.3 Å². The molecule has 2 amide bonds. The first kappa shape index (κ1) is 30.8. The zero-order chi connectivity index (χ0) is 25.2. The Labute approximate surface area is 225 Å². The van der Waals surface area contributed by atoms with Crippen LogP contribution in [0.4, 0.5) is 5.69 Å². The van der Waals surface area contributed by atoms with Gasteiger partial charge in [0.1, 0.15) is 15.2 Å². The van der Waals surface area contributed by atoms with Gasteiger partial charge in [-0.1, -0.05) is 38.8 Å². The summed E-state index contributed by atoms with van der Waals surface area (Å²) in [5, 5.41) is 20.6. The minimum absolute atomic E-state index is 0. The molecule has 2 unspecified atom stereocenters. The molecule has 2 aliphatic rings. The molecule has 0 spiro atoms. The second kappa shape index (κ2) is 11.6. The third-order valence-corrected chi connectivity index (χ3v) is 8.32. The molecule has 16 heteroatoms. The zero-order valence-electron chi connectivity index (χ0n) is 19.1. The Morgan fingerprint density at radius 3 is 2.41 bits per heavy atom. The van der Waals surface area contributed by atoms with Gasteiger partial charge in [-0.3, -0.25) is 9.59 Å². The monoisotopic (exact) mass is 545 g/mol. The minimum atomic E-state index is -4.07. The maximum absolute atomic E-state index is 11.9. The first-order valence-electron chi connectivity index (χ1n) is 9.92. The standard InChI is InChI=1S/C11H18N2O3.C7H8ClN3O4S2.Na/c1-4-6-7(3)11(5-2)8(14)12-10(16)13-9(11)15;8-4-1-5-7(2-6(4)16(9,12)13)17(14,15)11-3-10-5;/h7H,4-6H2,1-3H3,(H2,12,13,14,15,16);1-2,10-11H,3H2,(H2,9,12,13);/q;;+1/p-1. The SMILES string of the molecule is CCCC(C)C1(CC)C(=O)N=C([O-])NC1=O.NS(=O)(=O)c1cc2c(cc1Cl)NCNS2(=O)=O.[Na+]. The summed E-state index contributed by atoms with van der Waals surface area (Å²) in [6.07, 6.45) is 2.02. The van der Waals surface area contributed by atoms with Crippen LogP contribution < -0.4 is 55.2 Å². The Kier molecular flexibility index (Phi) is 10.5. The number of nitrogens with zero attached hydrogens (tertiary/aromatic N) is 1. The van der Waals surface area contributed by atoms with E-state index in [1.165, 1.54) is 6.07 Å². The first-order chi connectivity index (χ1) is 15.2. The van der Waals surface area contributed by atoms with Crippen LogP contribution in [0.25, 0.3) is 0 Å². The number of nitrogens with one attached hydrogen (secondary N) is 3. The van der Waals surface area contributed by atoms with Crippen LogP contribution in [0.1, 0.15) is 40.0 Å². The number of benzene rings is 1. The Morgan fingerprint density at radius 1 is 1.29 bits per heavy atom. The Balaban J connectivity index is 0.000000331. The summed E-state index contributed by atoms with van der Waals surface area (Å²) in [5.74, 6) is -1.20. The molecule has 2 aliphatic heterocycles. The summed E-state index contributed by atoms with van der Waals surface area (Å²) in [5.41, 5.74) is -0.912. The van der Waals surface area contributed by atoms with Crippen LogP contribution in [0.15, 0.2) is 26.9 Å². The van der Waals surface area contributed by atoms with Crippen LogP contribution in [0.5, 0.6) is 0 Å². The van der Waals surface area contributed by atoms with Gasteiger partial charge in [0, 0.05) is 0 Å². The molecule has 3 rings (SSSR count).